The monoisotopic (exact) mass is 604 g/mol. The molecular formula is C34H47F3N2O4. The van der Waals surface area contributed by atoms with E-state index in [0.717, 1.165) is 63.5 Å². The summed E-state index contributed by atoms with van der Waals surface area (Å²) in [6.45, 7) is 12.7. The molecule has 4 heterocycles. The van der Waals surface area contributed by atoms with Gasteiger partial charge < -0.3 is 14.4 Å². The Bertz CT molecular complexity index is 1170. The van der Waals surface area contributed by atoms with Crippen molar-refractivity contribution in [3.05, 3.63) is 47.5 Å². The summed E-state index contributed by atoms with van der Waals surface area (Å²) < 4.78 is 50.6. The molecule has 0 N–H and O–H groups in total. The molecule has 1 amide bonds. The van der Waals surface area contributed by atoms with Gasteiger partial charge in [0.1, 0.15) is 5.78 Å². The van der Waals surface area contributed by atoms with Crippen molar-refractivity contribution in [1.29, 1.82) is 0 Å². The minimum Gasteiger partial charge on any atom is -0.381 e. The lowest BCUT2D eigenvalue weighted by atomic mass is 9.73. The Morgan fingerprint density at radius 1 is 1.09 bits per heavy atom. The first kappa shape index (κ1) is 32.2. The van der Waals surface area contributed by atoms with Crippen LogP contribution in [0.2, 0.25) is 0 Å². The fourth-order valence-electron chi connectivity index (χ4n) is 8.05. The number of rotatable bonds is 5. The van der Waals surface area contributed by atoms with Gasteiger partial charge in [-0.3, -0.25) is 14.5 Å². The number of nitrogens with zero attached hydrogens (tertiary/aromatic N) is 2. The maximum absolute atomic E-state index is 14.0. The van der Waals surface area contributed by atoms with E-state index >= 15 is 0 Å². The Kier molecular flexibility index (Phi) is 10.0. The smallest absolute Gasteiger partial charge is 0.381 e. The zero-order chi connectivity index (χ0) is 30.8. The van der Waals surface area contributed by atoms with Gasteiger partial charge >= 0.3 is 6.18 Å². The highest BCUT2D eigenvalue weighted by molar-refractivity contribution is 5.84. The van der Waals surface area contributed by atoms with Crippen molar-refractivity contribution in [2.75, 3.05) is 39.5 Å². The number of ketones is 1. The van der Waals surface area contributed by atoms with E-state index in [0.29, 0.717) is 61.9 Å². The van der Waals surface area contributed by atoms with Crippen LogP contribution in [0.15, 0.2) is 30.9 Å². The molecule has 6 nitrogen and oxygen atoms in total. The zero-order valence-electron chi connectivity index (χ0n) is 25.7. The molecule has 238 valence electrons. The van der Waals surface area contributed by atoms with Crippen LogP contribution in [0.4, 0.5) is 13.2 Å². The Hall–Kier alpha value is -2.23. The maximum atomic E-state index is 14.0. The van der Waals surface area contributed by atoms with E-state index in [1.165, 1.54) is 12.5 Å². The number of amides is 1. The second kappa shape index (κ2) is 13.4. The Morgan fingerprint density at radius 2 is 1.88 bits per heavy atom. The minimum atomic E-state index is -4.36. The first-order valence-electron chi connectivity index (χ1n) is 16.1. The molecule has 1 unspecified atom stereocenters. The quantitative estimate of drug-likeness (QED) is 0.383. The molecule has 1 aromatic rings. The molecule has 5 aliphatic rings. The summed E-state index contributed by atoms with van der Waals surface area (Å²) in [7, 11) is 0. The van der Waals surface area contributed by atoms with E-state index in [1.807, 2.05) is 4.90 Å². The number of ether oxygens (including phenoxy) is 2. The van der Waals surface area contributed by atoms with Crippen molar-refractivity contribution in [3.63, 3.8) is 0 Å². The van der Waals surface area contributed by atoms with Gasteiger partial charge in [-0.1, -0.05) is 26.0 Å². The molecule has 0 spiro atoms. The van der Waals surface area contributed by atoms with Crippen molar-refractivity contribution < 1.29 is 32.2 Å². The van der Waals surface area contributed by atoms with Crippen molar-refractivity contribution in [2.45, 2.75) is 90.0 Å². The van der Waals surface area contributed by atoms with Crippen LogP contribution in [0.3, 0.4) is 0 Å². The summed E-state index contributed by atoms with van der Waals surface area (Å²) in [6.07, 6.45) is 4.38. The molecule has 1 saturated carbocycles. The molecule has 43 heavy (non-hydrogen) atoms. The zero-order valence-corrected chi connectivity index (χ0v) is 25.7. The number of likely N-dealkylation sites (tertiary alicyclic amines) is 1. The molecule has 3 saturated heterocycles. The molecule has 4 aliphatic heterocycles. The average Bonchev–Trinajstić information content (AvgIpc) is 3.63. The SMILES string of the molecule is C=CCC1COCCC1=O.CC(C)[C@]1(C(=O)N2CCc3ccc(C(F)(F)F)cc3C2)CC[C@@H](N2CC[C@@H]3COCC[C@@H]32)C1. The molecule has 1 aliphatic carbocycles. The summed E-state index contributed by atoms with van der Waals surface area (Å²) in [5, 5.41) is 0. The van der Waals surface area contributed by atoms with Crippen LogP contribution < -0.4 is 0 Å². The van der Waals surface area contributed by atoms with Crippen LogP contribution in [0, 0.1) is 23.2 Å². The summed E-state index contributed by atoms with van der Waals surface area (Å²) in [5.74, 6) is 1.37. The number of carbonyl (C=O) groups is 2. The lowest BCUT2D eigenvalue weighted by Crippen LogP contribution is -2.49. The van der Waals surface area contributed by atoms with Crippen LogP contribution in [-0.4, -0.2) is 73.1 Å². The van der Waals surface area contributed by atoms with Crippen molar-refractivity contribution in [2.24, 2.45) is 23.2 Å². The summed E-state index contributed by atoms with van der Waals surface area (Å²) in [5.41, 5.74) is 0.516. The van der Waals surface area contributed by atoms with Gasteiger partial charge in [0.2, 0.25) is 5.91 Å². The molecule has 4 fully saturated rings. The van der Waals surface area contributed by atoms with Crippen LogP contribution in [-0.2, 0) is 38.2 Å². The third kappa shape index (κ3) is 6.89. The summed E-state index contributed by atoms with van der Waals surface area (Å²) in [6, 6.07) is 4.97. The van der Waals surface area contributed by atoms with Gasteiger partial charge in [0.15, 0.2) is 0 Å². The molecule has 0 bridgehead atoms. The number of hydrogen-bond acceptors (Lipinski definition) is 5. The van der Waals surface area contributed by atoms with Crippen LogP contribution in [0.5, 0.6) is 0 Å². The van der Waals surface area contributed by atoms with E-state index in [1.54, 1.807) is 12.1 Å². The van der Waals surface area contributed by atoms with Crippen LogP contribution >= 0.6 is 0 Å². The topological polar surface area (TPSA) is 59.1 Å². The van der Waals surface area contributed by atoms with Gasteiger partial charge in [0.05, 0.1) is 30.8 Å². The fraction of sp³-hybridized carbons (Fsp3) is 0.706. The van der Waals surface area contributed by atoms with E-state index in [9.17, 15) is 22.8 Å². The highest BCUT2D eigenvalue weighted by atomic mass is 19.4. The van der Waals surface area contributed by atoms with Gasteiger partial charge in [-0.2, -0.15) is 13.2 Å². The minimum absolute atomic E-state index is 0.0891. The number of hydrogen-bond donors (Lipinski definition) is 0. The largest absolute Gasteiger partial charge is 0.416 e. The number of benzene rings is 1. The van der Waals surface area contributed by atoms with E-state index < -0.39 is 17.2 Å². The maximum Gasteiger partial charge on any atom is 0.416 e. The van der Waals surface area contributed by atoms with Crippen molar-refractivity contribution in [1.82, 2.24) is 9.80 Å². The van der Waals surface area contributed by atoms with Crippen molar-refractivity contribution in [3.8, 4) is 0 Å². The number of carbonyl (C=O) groups excluding carboxylic acids is 2. The second-order valence-corrected chi connectivity index (χ2v) is 13.4. The molecule has 0 aromatic heterocycles. The Balaban J connectivity index is 0.000000314. The second-order valence-electron chi connectivity index (χ2n) is 13.4. The third-order valence-corrected chi connectivity index (χ3v) is 10.7. The van der Waals surface area contributed by atoms with Gasteiger partial charge in [0.25, 0.3) is 0 Å². The molecule has 0 radical (unpaired) electrons. The lowest BCUT2D eigenvalue weighted by molar-refractivity contribution is -0.146. The molecule has 6 rings (SSSR count). The van der Waals surface area contributed by atoms with E-state index in [4.69, 9.17) is 9.47 Å². The van der Waals surface area contributed by atoms with E-state index in [2.05, 4.69) is 25.3 Å². The first-order valence-corrected chi connectivity index (χ1v) is 16.1. The van der Waals surface area contributed by atoms with Gasteiger partial charge in [-0.15, -0.1) is 6.58 Å². The molecule has 5 atom stereocenters. The highest BCUT2D eigenvalue weighted by Crippen LogP contribution is 2.50. The van der Waals surface area contributed by atoms with Crippen LogP contribution in [0.25, 0.3) is 0 Å². The van der Waals surface area contributed by atoms with E-state index in [-0.39, 0.29) is 24.3 Å². The third-order valence-electron chi connectivity index (χ3n) is 10.7. The predicted octanol–water partition coefficient (Wildman–Crippen LogP) is 6.06. The Labute approximate surface area is 254 Å². The fourth-order valence-corrected chi connectivity index (χ4v) is 8.05. The number of Topliss-reactive ketones (excluding diaryl/α,β-unsaturated/α-hetero) is 1. The van der Waals surface area contributed by atoms with Gasteiger partial charge in [-0.05, 0) is 86.6 Å². The number of alkyl halides is 3. The molecular weight excluding hydrogens is 557 g/mol. The summed E-state index contributed by atoms with van der Waals surface area (Å²) >= 11 is 0. The van der Waals surface area contributed by atoms with Crippen LogP contribution in [0.1, 0.15) is 75.5 Å². The van der Waals surface area contributed by atoms with Gasteiger partial charge in [-0.25, -0.2) is 0 Å². The number of halogens is 3. The highest BCUT2D eigenvalue weighted by Gasteiger charge is 2.52. The standard InChI is InChI=1S/C26H35F3N2O2.C8H12O2/c1-17(2)25(9-5-22(14-25)31-11-7-19-16-33-12-8-23(19)31)24(32)30-10-6-18-3-4-21(26(27,28)29)13-20(18)15-30;1-2-3-7-6-10-5-4-8(7)9/h3-4,13,17,19,22-23H,5-12,14-16H2,1-2H3;2,7H,1,3-6H2/t19-,22-,23+,25+;/m1./s1. The normalized spacial score (nSPS) is 31.3. The summed E-state index contributed by atoms with van der Waals surface area (Å²) in [4.78, 5) is 29.5. The predicted molar refractivity (Wildman–Crippen MR) is 158 cm³/mol. The molecule has 1 aromatic carbocycles. The van der Waals surface area contributed by atoms with Gasteiger partial charge in [0, 0.05) is 44.1 Å². The lowest BCUT2D eigenvalue weighted by Gasteiger charge is -2.41. The number of allylic oxidation sites excluding steroid dienone is 1. The average molecular weight is 605 g/mol. The molecule has 9 heteroatoms. The Morgan fingerprint density at radius 3 is 2.60 bits per heavy atom. The van der Waals surface area contributed by atoms with Crippen molar-refractivity contribution >= 4 is 11.7 Å². The first-order chi connectivity index (χ1) is 20.5. The number of fused-ring (bicyclic) bond motifs is 2.